The fourth-order valence-electron chi connectivity index (χ4n) is 2.11. The van der Waals surface area contributed by atoms with Gasteiger partial charge in [-0.2, -0.15) is 18.3 Å². The monoisotopic (exact) mass is 274 g/mol. The van der Waals surface area contributed by atoms with E-state index in [0.29, 0.717) is 21.8 Å². The molecule has 0 saturated heterocycles. The maximum absolute atomic E-state index is 13.0. The van der Waals surface area contributed by atoms with E-state index in [2.05, 4.69) is 5.10 Å². The molecule has 0 unspecified atom stereocenters. The standard InChI is InChI=1S/C12H10ClF3N2/c1-6-11(13)9-4-8(7-2-3-7)5-10(12(14,15)16)18(9)17-6/h4-5,7H,2-3H2,1H3. The second-order valence-corrected chi connectivity index (χ2v) is 5.02. The van der Waals surface area contributed by atoms with E-state index in [0.717, 1.165) is 17.4 Å². The molecule has 2 heterocycles. The second kappa shape index (κ2) is 3.63. The smallest absolute Gasteiger partial charge is 0.227 e. The van der Waals surface area contributed by atoms with E-state index in [1.54, 1.807) is 13.0 Å². The number of aromatic nitrogens is 2. The molecule has 96 valence electrons. The van der Waals surface area contributed by atoms with Crippen LogP contribution in [0.4, 0.5) is 13.2 Å². The Bertz CT molecular complexity index is 626. The number of pyridine rings is 1. The van der Waals surface area contributed by atoms with E-state index < -0.39 is 11.9 Å². The molecule has 0 amide bonds. The molecule has 1 saturated carbocycles. The molecule has 1 fully saturated rings. The number of hydrogen-bond donors (Lipinski definition) is 0. The Morgan fingerprint density at radius 2 is 2.00 bits per heavy atom. The maximum atomic E-state index is 13.0. The molecule has 2 nitrogen and oxygen atoms in total. The van der Waals surface area contributed by atoms with E-state index in [-0.39, 0.29) is 5.92 Å². The molecule has 0 N–H and O–H groups in total. The summed E-state index contributed by atoms with van der Waals surface area (Å²) in [5.74, 6) is 0.238. The first-order valence-corrected chi connectivity index (χ1v) is 6.01. The Morgan fingerprint density at radius 3 is 2.56 bits per heavy atom. The maximum Gasteiger partial charge on any atom is 0.433 e. The highest BCUT2D eigenvalue weighted by Crippen LogP contribution is 2.43. The van der Waals surface area contributed by atoms with E-state index in [4.69, 9.17) is 11.6 Å². The molecule has 2 aromatic rings. The molecule has 0 spiro atoms. The van der Waals surface area contributed by atoms with Crippen LogP contribution >= 0.6 is 11.6 Å². The zero-order chi connectivity index (χ0) is 13.1. The molecule has 0 aromatic carbocycles. The van der Waals surface area contributed by atoms with Gasteiger partial charge in [0.05, 0.1) is 16.2 Å². The van der Waals surface area contributed by atoms with Crippen LogP contribution in [0.5, 0.6) is 0 Å². The van der Waals surface area contributed by atoms with Crippen LogP contribution in [-0.2, 0) is 6.18 Å². The largest absolute Gasteiger partial charge is 0.433 e. The summed E-state index contributed by atoms with van der Waals surface area (Å²) in [4.78, 5) is 0. The average Bonchev–Trinajstić information content (AvgIpc) is 3.06. The third kappa shape index (κ3) is 1.77. The molecule has 1 aliphatic carbocycles. The summed E-state index contributed by atoms with van der Waals surface area (Å²) in [5.41, 5.74) is 0.703. The van der Waals surface area contributed by atoms with Gasteiger partial charge in [-0.15, -0.1) is 0 Å². The molecule has 0 bridgehead atoms. The first-order chi connectivity index (χ1) is 8.38. The highest BCUT2D eigenvalue weighted by atomic mass is 35.5. The van der Waals surface area contributed by atoms with Crippen molar-refractivity contribution in [1.29, 1.82) is 0 Å². The summed E-state index contributed by atoms with van der Waals surface area (Å²) in [5, 5.41) is 4.16. The van der Waals surface area contributed by atoms with Gasteiger partial charge < -0.3 is 0 Å². The van der Waals surface area contributed by atoms with Crippen molar-refractivity contribution in [3.05, 3.63) is 34.1 Å². The van der Waals surface area contributed by atoms with Crippen LogP contribution in [0.25, 0.3) is 5.52 Å². The van der Waals surface area contributed by atoms with E-state index in [1.807, 2.05) is 0 Å². The summed E-state index contributed by atoms with van der Waals surface area (Å²) in [6.07, 6.45) is -2.54. The quantitative estimate of drug-likeness (QED) is 0.762. The normalized spacial score (nSPS) is 16.5. The van der Waals surface area contributed by atoms with Crippen LogP contribution < -0.4 is 0 Å². The molecule has 2 aromatic heterocycles. The van der Waals surface area contributed by atoms with Crippen LogP contribution in [0.15, 0.2) is 12.1 Å². The van der Waals surface area contributed by atoms with Crippen molar-refractivity contribution in [2.45, 2.75) is 31.9 Å². The predicted molar refractivity (Wildman–Crippen MR) is 61.9 cm³/mol. The molecule has 1 aliphatic rings. The first kappa shape index (κ1) is 11.8. The van der Waals surface area contributed by atoms with Crippen molar-refractivity contribution in [2.75, 3.05) is 0 Å². The van der Waals surface area contributed by atoms with E-state index >= 15 is 0 Å². The molecule has 0 atom stereocenters. The Balaban J connectivity index is 2.34. The SMILES string of the molecule is Cc1nn2c(C(F)(F)F)cc(C3CC3)cc2c1Cl. The Hall–Kier alpha value is -1.23. The number of fused-ring (bicyclic) bond motifs is 1. The highest BCUT2D eigenvalue weighted by molar-refractivity contribution is 6.34. The molecule has 18 heavy (non-hydrogen) atoms. The summed E-state index contributed by atoms with van der Waals surface area (Å²) in [6, 6.07) is 2.91. The van der Waals surface area contributed by atoms with Gasteiger partial charge in [0.15, 0.2) is 0 Å². The lowest BCUT2D eigenvalue weighted by Crippen LogP contribution is -2.13. The van der Waals surface area contributed by atoms with Gasteiger partial charge in [0.25, 0.3) is 0 Å². The van der Waals surface area contributed by atoms with Crippen LogP contribution in [-0.4, -0.2) is 9.61 Å². The van der Waals surface area contributed by atoms with Crippen LogP contribution in [0.1, 0.15) is 35.7 Å². The van der Waals surface area contributed by atoms with Crippen LogP contribution in [0.2, 0.25) is 5.02 Å². The van der Waals surface area contributed by atoms with E-state index in [1.165, 1.54) is 6.07 Å². The lowest BCUT2D eigenvalue weighted by atomic mass is 10.1. The van der Waals surface area contributed by atoms with Gasteiger partial charge in [-0.1, -0.05) is 11.6 Å². The van der Waals surface area contributed by atoms with Crippen LogP contribution in [0.3, 0.4) is 0 Å². The number of aryl methyl sites for hydroxylation is 1. The van der Waals surface area contributed by atoms with Gasteiger partial charge in [0.1, 0.15) is 5.69 Å². The van der Waals surface area contributed by atoms with Gasteiger partial charge in [-0.25, -0.2) is 4.52 Å². The zero-order valence-corrected chi connectivity index (χ0v) is 10.3. The molecule has 0 radical (unpaired) electrons. The first-order valence-electron chi connectivity index (χ1n) is 5.64. The summed E-state index contributed by atoms with van der Waals surface area (Å²) >= 11 is 6.01. The third-order valence-corrected chi connectivity index (χ3v) is 3.66. The number of alkyl halides is 3. The molecular formula is C12H10ClF3N2. The topological polar surface area (TPSA) is 17.3 Å². The Morgan fingerprint density at radius 1 is 1.33 bits per heavy atom. The third-order valence-electron chi connectivity index (χ3n) is 3.19. The summed E-state index contributed by atoms with van der Waals surface area (Å²) < 4.78 is 39.9. The van der Waals surface area contributed by atoms with Gasteiger partial charge in [-0.05, 0) is 43.4 Å². The minimum absolute atomic E-state index is 0.238. The molecular weight excluding hydrogens is 265 g/mol. The number of halogens is 4. The Labute approximate surface area is 106 Å². The van der Waals surface area contributed by atoms with Crippen molar-refractivity contribution < 1.29 is 13.2 Å². The predicted octanol–water partition coefficient (Wildman–Crippen LogP) is 4.19. The average molecular weight is 275 g/mol. The fourth-order valence-corrected chi connectivity index (χ4v) is 2.28. The van der Waals surface area contributed by atoms with Gasteiger partial charge in [0.2, 0.25) is 0 Å². The second-order valence-electron chi connectivity index (χ2n) is 4.64. The molecule has 3 rings (SSSR count). The Kier molecular flexibility index (Phi) is 2.39. The number of hydrogen-bond acceptors (Lipinski definition) is 1. The molecule has 0 aliphatic heterocycles. The van der Waals surface area contributed by atoms with Crippen molar-refractivity contribution in [3.8, 4) is 0 Å². The van der Waals surface area contributed by atoms with Crippen molar-refractivity contribution in [2.24, 2.45) is 0 Å². The van der Waals surface area contributed by atoms with Crippen molar-refractivity contribution in [1.82, 2.24) is 9.61 Å². The lowest BCUT2D eigenvalue weighted by Gasteiger charge is -2.11. The summed E-state index contributed by atoms with van der Waals surface area (Å²) in [6.45, 7) is 1.60. The molecule has 6 heteroatoms. The van der Waals surface area contributed by atoms with Gasteiger partial charge in [-0.3, -0.25) is 0 Å². The van der Waals surface area contributed by atoms with Crippen molar-refractivity contribution >= 4 is 17.1 Å². The zero-order valence-electron chi connectivity index (χ0n) is 9.55. The number of rotatable bonds is 1. The van der Waals surface area contributed by atoms with Crippen molar-refractivity contribution in [3.63, 3.8) is 0 Å². The van der Waals surface area contributed by atoms with Crippen LogP contribution in [0, 0.1) is 6.92 Å². The minimum atomic E-state index is -4.43. The summed E-state index contributed by atoms with van der Waals surface area (Å²) in [7, 11) is 0. The minimum Gasteiger partial charge on any atom is -0.227 e. The highest BCUT2D eigenvalue weighted by Gasteiger charge is 2.36. The van der Waals surface area contributed by atoms with Gasteiger partial charge in [0, 0.05) is 0 Å². The lowest BCUT2D eigenvalue weighted by molar-refractivity contribution is -0.142. The van der Waals surface area contributed by atoms with Gasteiger partial charge >= 0.3 is 6.18 Å². The van der Waals surface area contributed by atoms with E-state index in [9.17, 15) is 13.2 Å². The fraction of sp³-hybridized carbons (Fsp3) is 0.417. The number of nitrogens with zero attached hydrogens (tertiary/aromatic N) is 2.